The SMILES string of the molecule is CC1=C2N=C([CH-]C3=NC(=C(C)C4=NC(C)(C5N=C1C(C)(CCC(=O)NCC(C)OP(=O)([O-])OC1C(CO)OC(n6cnc7cc(C)c(C)cc76)C1O)C5CC(N)=O)C(C)(CC(N)=O)C4CCC(N)=O)C(C)(CC(N)=O)C3CCC(N)=O)C(C)(C)C2CCC(N)=O.NC(C[S-])C(=O)O.[Co+3]. The number of ether oxygens (including phenoxy) is 1. The van der Waals surface area contributed by atoms with Gasteiger partial charge in [0.05, 0.1) is 47.7 Å². The van der Waals surface area contributed by atoms with Gasteiger partial charge in [-0.2, -0.15) is 5.75 Å². The van der Waals surface area contributed by atoms with E-state index in [1.54, 1.807) is 6.92 Å². The third-order valence-corrected chi connectivity index (χ3v) is 22.5. The zero-order valence-corrected chi connectivity index (χ0v) is 59.9. The van der Waals surface area contributed by atoms with Gasteiger partial charge in [-0.15, -0.1) is 11.4 Å². The van der Waals surface area contributed by atoms with Crippen LogP contribution in [0.5, 0.6) is 0 Å². The molecule has 6 aliphatic heterocycles. The molecule has 7 amide bonds. The van der Waals surface area contributed by atoms with Gasteiger partial charge in [-0.3, -0.25) is 62.9 Å². The smallest absolute Gasteiger partial charge is 0.791 e. The maximum Gasteiger partial charge on any atom is 3.00 e. The van der Waals surface area contributed by atoms with E-state index in [0.717, 1.165) is 11.1 Å². The number of nitrogens with two attached hydrogens (primary N) is 7. The number of aliphatic hydroxyl groups excluding tert-OH is 2. The number of rotatable bonds is 28. The molecule has 1 aromatic carbocycles. The van der Waals surface area contributed by atoms with Crippen molar-refractivity contribution in [3.8, 4) is 0 Å². The van der Waals surface area contributed by atoms with Crippen LogP contribution in [0.3, 0.4) is 0 Å². The van der Waals surface area contributed by atoms with Crippen molar-refractivity contribution < 1.29 is 93.7 Å². The van der Waals surface area contributed by atoms with Crippen LogP contribution >= 0.6 is 7.82 Å². The van der Waals surface area contributed by atoms with Crippen LogP contribution < -0.4 is 50.3 Å². The van der Waals surface area contributed by atoms with Gasteiger partial charge in [-0.05, 0) is 113 Å². The fourth-order valence-corrected chi connectivity index (χ4v) is 16.7. The van der Waals surface area contributed by atoms with Crippen molar-refractivity contribution >= 4 is 102 Å². The van der Waals surface area contributed by atoms with Gasteiger partial charge in [0.1, 0.15) is 18.3 Å². The Labute approximate surface area is 585 Å². The summed E-state index contributed by atoms with van der Waals surface area (Å²) in [6.07, 6.45) is -4.79. The fraction of sp³-hybridized carbons (Fsp3) is 0.631. The quantitative estimate of drug-likeness (QED) is 0.0328. The molecule has 0 aliphatic carbocycles. The average Bonchev–Trinajstić information content (AvgIpc) is 1.53. The van der Waals surface area contributed by atoms with E-state index in [1.807, 2.05) is 80.9 Å². The Morgan fingerprint density at radius 2 is 1.40 bits per heavy atom. The molecule has 0 radical (unpaired) electrons. The zero-order chi connectivity index (χ0) is 72.6. The van der Waals surface area contributed by atoms with E-state index in [-0.39, 0.29) is 99.7 Å². The van der Waals surface area contributed by atoms with Crippen LogP contribution in [0.25, 0.3) is 11.0 Å². The first-order valence-corrected chi connectivity index (χ1v) is 34.3. The predicted molar refractivity (Wildman–Crippen MR) is 360 cm³/mol. The third kappa shape index (κ3) is 16.4. The van der Waals surface area contributed by atoms with Crippen LogP contribution in [0.4, 0.5) is 0 Å². The van der Waals surface area contributed by atoms with Crippen molar-refractivity contribution in [3.05, 3.63) is 58.5 Å². The van der Waals surface area contributed by atoms with Crippen molar-refractivity contribution in [2.45, 2.75) is 195 Å². The molecule has 98 heavy (non-hydrogen) atoms. The first-order chi connectivity index (χ1) is 45.0. The first kappa shape index (κ1) is 80.3. The zero-order valence-electron chi connectivity index (χ0n) is 57.1. The van der Waals surface area contributed by atoms with Gasteiger partial charge < -0.3 is 103 Å². The van der Waals surface area contributed by atoms with Crippen molar-refractivity contribution in [1.29, 1.82) is 0 Å². The number of phosphoric ester groups is 1. The number of amides is 7. The van der Waals surface area contributed by atoms with E-state index in [2.05, 4.69) is 22.9 Å². The summed E-state index contributed by atoms with van der Waals surface area (Å²) in [4.78, 5) is 143. The maximum absolute atomic E-state index is 14.4. The molecule has 540 valence electrons. The van der Waals surface area contributed by atoms with Crippen LogP contribution in [0.1, 0.15) is 150 Å². The molecule has 0 spiro atoms. The molecular formula is C65H94CoN14O16PS. The molecule has 2 aromatic rings. The summed E-state index contributed by atoms with van der Waals surface area (Å²) >= 11 is 4.35. The summed E-state index contributed by atoms with van der Waals surface area (Å²) in [5, 5.41) is 32.5. The Balaban J connectivity index is 0.00000179. The molecule has 30 nitrogen and oxygen atoms in total. The minimum atomic E-state index is -5.32. The number of nitrogens with zero attached hydrogens (tertiary/aromatic N) is 6. The summed E-state index contributed by atoms with van der Waals surface area (Å²) in [6, 6.07) is 1.79. The minimum Gasteiger partial charge on any atom is -0.791 e. The standard InChI is InChI=1S/C62H89N13O14P.C3H7NO2S.Co/c1-29-20-39-40(21-30(29)2)75(28-70-39)57-52(84)53(41(27-76)87-57)89-90(85,86)88-31(3)26-69-49(83)18-19-59(8)37(22-46(66)80)56-62(11)61(10,25-48(68)82)36(14-17-45(65)79)51(74-62)33(5)55-60(9,24-47(67)81)34(12-15-43(63)77)38(71-55)23-42-58(6,7)35(13-16-44(64)78)50(72-42)32(4)54(59)73-56;4-2(1-7)3(5)6;/h20-21,23,28,31,34-37,41,52-53,56-57,76,84H,12-19,22,24-27H2,1-11H3,(H2,63,77)(H2,64,78)(H2,65,79)(H2,66,80)(H2,67,81)(H2,68,82)(H,69,83)(H,85,86);2,7H,1,4H2,(H,5,6);/q-1;;+3/p-2. The summed E-state index contributed by atoms with van der Waals surface area (Å²) in [7, 11) is -5.32. The Kier molecular flexibility index (Phi) is 25.4. The van der Waals surface area contributed by atoms with Crippen molar-refractivity contribution in [2.75, 3.05) is 18.9 Å². The van der Waals surface area contributed by atoms with E-state index in [9.17, 15) is 58.0 Å². The number of aryl methyl sites for hydroxylation is 2. The van der Waals surface area contributed by atoms with Crippen LogP contribution in [0.2, 0.25) is 0 Å². The van der Waals surface area contributed by atoms with Gasteiger partial charge in [-0.1, -0.05) is 34.6 Å². The summed E-state index contributed by atoms with van der Waals surface area (Å²) in [5.74, 6) is -8.36. The number of carboxylic acid groups (broad SMARTS) is 1. The summed E-state index contributed by atoms with van der Waals surface area (Å²) in [5.41, 5.74) is 41.6. The van der Waals surface area contributed by atoms with Crippen LogP contribution in [0.15, 0.2) is 61.0 Å². The second kappa shape index (κ2) is 31.0. The molecule has 1 saturated heterocycles. The first-order valence-electron chi connectivity index (χ1n) is 32.2. The number of primary amides is 6. The number of imidazole rings is 1. The minimum absolute atomic E-state index is 0. The topological polar surface area (TPSA) is 526 Å². The molecule has 7 heterocycles. The molecule has 16 unspecified atom stereocenters. The molecule has 33 heteroatoms. The van der Waals surface area contributed by atoms with Gasteiger partial charge in [0.2, 0.25) is 41.4 Å². The number of aliphatic hydroxyl groups is 2. The Bertz CT molecular complexity index is 3740. The Hall–Kier alpha value is -6.71. The van der Waals surface area contributed by atoms with Crippen molar-refractivity contribution in [1.82, 2.24) is 14.9 Å². The van der Waals surface area contributed by atoms with E-state index in [0.29, 0.717) is 56.4 Å². The molecule has 0 saturated carbocycles. The van der Waals surface area contributed by atoms with Crippen LogP contribution in [-0.2, 0) is 86.1 Å². The number of hydrogen-bond acceptors (Lipinski definition) is 22. The van der Waals surface area contributed by atoms with Gasteiger partial charge in [-0.25, -0.2) is 4.98 Å². The molecular weight excluding hydrogens is 1350 g/mol. The number of carbonyl (C=O) groups is 8. The largest absolute Gasteiger partial charge is 3.00 e. The molecule has 8 bridgehead atoms. The number of fused-ring (bicyclic) bond motifs is 6. The fourth-order valence-electron chi connectivity index (χ4n) is 15.4. The normalized spacial score (nSPS) is 30.4. The molecule has 16 atom stereocenters. The molecule has 18 N–H and O–H groups in total. The van der Waals surface area contributed by atoms with Gasteiger partial charge in [0.15, 0.2) is 6.23 Å². The number of allylic oxidation sites excluding steroid dienone is 4. The number of benzene rings is 1. The van der Waals surface area contributed by atoms with Gasteiger partial charge in [0.25, 0.3) is 7.82 Å². The number of nitrogens with one attached hydrogen (secondary N) is 1. The number of aliphatic carboxylic acids is 1. The average molecular weight is 1450 g/mol. The second-order valence-corrected chi connectivity index (χ2v) is 29.8. The monoisotopic (exact) mass is 1450 g/mol. The van der Waals surface area contributed by atoms with Crippen molar-refractivity contribution in [3.63, 3.8) is 0 Å². The van der Waals surface area contributed by atoms with Crippen LogP contribution in [0, 0.1) is 65.6 Å². The number of carboxylic acids is 1. The number of hydrogen-bond donors (Lipinski definition) is 11. The van der Waals surface area contributed by atoms with Crippen LogP contribution in [-0.4, -0.2) is 156 Å². The molecule has 8 rings (SSSR count). The third-order valence-electron chi connectivity index (χ3n) is 21.0. The molecule has 1 fully saturated rings. The van der Waals surface area contributed by atoms with Gasteiger partial charge >= 0.3 is 22.7 Å². The van der Waals surface area contributed by atoms with E-state index in [4.69, 9.17) is 79.0 Å². The number of carbonyl (C=O) groups excluding carboxylic acids is 7. The summed E-state index contributed by atoms with van der Waals surface area (Å²) < 4.78 is 31.9. The Morgan fingerprint density at radius 1 is 0.816 bits per heavy atom. The summed E-state index contributed by atoms with van der Waals surface area (Å²) in [6.45, 7) is 19.0. The number of phosphoric acid groups is 1. The second-order valence-electron chi connectivity index (χ2n) is 28.1. The Morgan fingerprint density at radius 3 is 1.94 bits per heavy atom. The number of aliphatic imine (C=N–C) groups is 4. The molecule has 1 aromatic heterocycles. The predicted octanol–water partition coefficient (Wildman–Crippen LogP) is 1.65. The van der Waals surface area contributed by atoms with E-state index in [1.165, 1.54) is 17.8 Å². The van der Waals surface area contributed by atoms with E-state index >= 15 is 0 Å². The maximum atomic E-state index is 14.4. The molecule has 6 aliphatic rings. The van der Waals surface area contributed by atoms with Gasteiger partial charge in [0, 0.05) is 108 Å². The number of aromatic nitrogens is 2. The van der Waals surface area contributed by atoms with Crippen molar-refractivity contribution in [2.24, 2.45) is 105 Å². The van der Waals surface area contributed by atoms with E-state index < -0.39 is 155 Å².